The van der Waals surface area contributed by atoms with Crippen LogP contribution < -0.4 is 14.8 Å². The standard InChI is InChI=1S/C26H26N2O4/c1-4-32-22-12-8-7-11-21(22)27-25(29)23-19-9-5-6-10-20(19)26(30)28(2)24(23)17-13-15-18(31-3)16-14-17/h5-16,23-24H,4H2,1-3H3,(H,27,29)/t23-,24-/m0/s1. The van der Waals surface area contributed by atoms with Gasteiger partial charge in [0, 0.05) is 12.6 Å². The number of methoxy groups -OCH3 is 1. The highest BCUT2D eigenvalue weighted by molar-refractivity contribution is 6.04. The Morgan fingerprint density at radius 3 is 2.41 bits per heavy atom. The van der Waals surface area contributed by atoms with Crippen LogP contribution in [0.2, 0.25) is 0 Å². The number of nitrogens with zero attached hydrogens (tertiary/aromatic N) is 1. The summed E-state index contributed by atoms with van der Waals surface area (Å²) in [5.74, 6) is 0.408. The van der Waals surface area contributed by atoms with Gasteiger partial charge in [-0.05, 0) is 48.4 Å². The van der Waals surface area contributed by atoms with E-state index in [2.05, 4.69) is 5.32 Å². The molecule has 0 fully saturated rings. The zero-order valence-electron chi connectivity index (χ0n) is 18.4. The first-order valence-electron chi connectivity index (χ1n) is 10.6. The summed E-state index contributed by atoms with van der Waals surface area (Å²) in [5, 5.41) is 3.04. The van der Waals surface area contributed by atoms with Gasteiger partial charge in [-0.25, -0.2) is 0 Å². The number of benzene rings is 3. The molecule has 32 heavy (non-hydrogen) atoms. The van der Waals surface area contributed by atoms with Gasteiger partial charge in [0.25, 0.3) is 5.91 Å². The largest absolute Gasteiger partial charge is 0.497 e. The van der Waals surface area contributed by atoms with Crippen molar-refractivity contribution in [3.05, 3.63) is 89.5 Å². The van der Waals surface area contributed by atoms with Gasteiger partial charge in [0.15, 0.2) is 0 Å². The third-order valence-electron chi connectivity index (χ3n) is 5.76. The Morgan fingerprint density at radius 2 is 1.69 bits per heavy atom. The van der Waals surface area contributed by atoms with Crippen molar-refractivity contribution < 1.29 is 19.1 Å². The summed E-state index contributed by atoms with van der Waals surface area (Å²) >= 11 is 0. The normalized spacial score (nSPS) is 17.5. The van der Waals surface area contributed by atoms with E-state index in [0.717, 1.165) is 5.56 Å². The van der Waals surface area contributed by atoms with Crippen LogP contribution in [0.5, 0.6) is 11.5 Å². The quantitative estimate of drug-likeness (QED) is 0.619. The fraction of sp³-hybridized carbons (Fsp3) is 0.231. The lowest BCUT2D eigenvalue weighted by atomic mass is 9.79. The van der Waals surface area contributed by atoms with Gasteiger partial charge in [-0.1, -0.05) is 42.5 Å². The fourth-order valence-corrected chi connectivity index (χ4v) is 4.24. The highest BCUT2D eigenvalue weighted by atomic mass is 16.5. The predicted octanol–water partition coefficient (Wildman–Crippen LogP) is 4.64. The maximum absolute atomic E-state index is 13.7. The van der Waals surface area contributed by atoms with Crippen molar-refractivity contribution in [2.24, 2.45) is 0 Å². The molecule has 1 aliphatic rings. The number of para-hydroxylation sites is 2. The Hall–Kier alpha value is -3.80. The molecule has 0 bridgehead atoms. The van der Waals surface area contributed by atoms with Crippen LogP contribution in [0.1, 0.15) is 40.4 Å². The van der Waals surface area contributed by atoms with Crippen molar-refractivity contribution in [3.8, 4) is 11.5 Å². The van der Waals surface area contributed by atoms with E-state index >= 15 is 0 Å². The molecule has 0 unspecified atom stereocenters. The first-order chi connectivity index (χ1) is 15.5. The Balaban J connectivity index is 1.78. The van der Waals surface area contributed by atoms with Gasteiger partial charge in [-0.2, -0.15) is 0 Å². The smallest absolute Gasteiger partial charge is 0.254 e. The molecular weight excluding hydrogens is 404 g/mol. The molecule has 2 atom stereocenters. The molecule has 0 saturated carbocycles. The predicted molar refractivity (Wildman–Crippen MR) is 123 cm³/mol. The van der Waals surface area contributed by atoms with Crippen molar-refractivity contribution in [3.63, 3.8) is 0 Å². The second-order valence-corrected chi connectivity index (χ2v) is 7.62. The summed E-state index contributed by atoms with van der Waals surface area (Å²) in [5.41, 5.74) is 2.71. The van der Waals surface area contributed by atoms with Gasteiger partial charge in [-0.3, -0.25) is 9.59 Å². The van der Waals surface area contributed by atoms with Gasteiger partial charge in [0.05, 0.1) is 31.4 Å². The number of fused-ring (bicyclic) bond motifs is 1. The fourth-order valence-electron chi connectivity index (χ4n) is 4.24. The molecule has 1 aliphatic heterocycles. The van der Waals surface area contributed by atoms with Crippen molar-refractivity contribution in [2.45, 2.75) is 18.9 Å². The van der Waals surface area contributed by atoms with E-state index in [0.29, 0.717) is 34.9 Å². The van der Waals surface area contributed by atoms with Crippen LogP contribution in [0.15, 0.2) is 72.8 Å². The number of nitrogens with one attached hydrogen (secondary N) is 1. The molecule has 1 N–H and O–H groups in total. The van der Waals surface area contributed by atoms with Gasteiger partial charge >= 0.3 is 0 Å². The number of amides is 2. The maximum atomic E-state index is 13.7. The van der Waals surface area contributed by atoms with Crippen LogP contribution in [-0.4, -0.2) is 37.5 Å². The molecule has 6 nitrogen and oxygen atoms in total. The molecular formula is C26H26N2O4. The second kappa shape index (κ2) is 9.14. The molecule has 4 rings (SSSR count). The molecule has 2 amide bonds. The van der Waals surface area contributed by atoms with E-state index in [1.165, 1.54) is 0 Å². The van der Waals surface area contributed by atoms with Gasteiger partial charge in [-0.15, -0.1) is 0 Å². The number of carbonyl (C=O) groups excluding carboxylic acids is 2. The Morgan fingerprint density at radius 1 is 1.00 bits per heavy atom. The highest BCUT2D eigenvalue weighted by Crippen LogP contribution is 2.43. The Labute approximate surface area is 187 Å². The lowest BCUT2D eigenvalue weighted by molar-refractivity contribution is -0.119. The molecule has 1 heterocycles. The number of hydrogen-bond donors (Lipinski definition) is 1. The third kappa shape index (κ3) is 3.91. The SMILES string of the molecule is CCOc1ccccc1NC(=O)[C@H]1c2ccccc2C(=O)N(C)[C@H]1c1ccc(OC)cc1. The van der Waals surface area contributed by atoms with Crippen molar-refractivity contribution in [2.75, 3.05) is 26.1 Å². The lowest BCUT2D eigenvalue weighted by Gasteiger charge is -2.39. The summed E-state index contributed by atoms with van der Waals surface area (Å²) < 4.78 is 11.0. The van der Waals surface area contributed by atoms with Crippen molar-refractivity contribution >= 4 is 17.5 Å². The van der Waals surface area contributed by atoms with Crippen LogP contribution in [0.25, 0.3) is 0 Å². The summed E-state index contributed by atoms with van der Waals surface area (Å²) in [7, 11) is 3.34. The van der Waals surface area contributed by atoms with E-state index < -0.39 is 12.0 Å². The minimum Gasteiger partial charge on any atom is -0.497 e. The van der Waals surface area contributed by atoms with Crippen LogP contribution in [0.3, 0.4) is 0 Å². The summed E-state index contributed by atoms with van der Waals surface area (Å²) in [4.78, 5) is 28.5. The van der Waals surface area contributed by atoms with Gasteiger partial charge < -0.3 is 19.7 Å². The molecule has 0 radical (unpaired) electrons. The van der Waals surface area contributed by atoms with E-state index in [-0.39, 0.29) is 11.8 Å². The summed E-state index contributed by atoms with van der Waals surface area (Å²) in [6.45, 7) is 2.39. The minimum atomic E-state index is -0.600. The Bertz CT molecular complexity index is 1130. The Kier molecular flexibility index (Phi) is 6.12. The van der Waals surface area contributed by atoms with Crippen molar-refractivity contribution in [1.29, 1.82) is 0 Å². The van der Waals surface area contributed by atoms with E-state index in [9.17, 15) is 9.59 Å². The molecule has 3 aromatic rings. The summed E-state index contributed by atoms with van der Waals surface area (Å²) in [6, 6.07) is 21.7. The number of anilines is 1. The molecule has 0 aliphatic carbocycles. The van der Waals surface area contributed by atoms with Crippen LogP contribution >= 0.6 is 0 Å². The molecule has 6 heteroatoms. The van der Waals surface area contributed by atoms with Gasteiger partial charge in [0.2, 0.25) is 5.91 Å². The number of ether oxygens (including phenoxy) is 2. The van der Waals surface area contributed by atoms with E-state index in [4.69, 9.17) is 9.47 Å². The molecule has 3 aromatic carbocycles. The van der Waals surface area contributed by atoms with Crippen LogP contribution in [0, 0.1) is 0 Å². The highest BCUT2D eigenvalue weighted by Gasteiger charge is 2.42. The average Bonchev–Trinajstić information content (AvgIpc) is 2.82. The third-order valence-corrected chi connectivity index (χ3v) is 5.76. The van der Waals surface area contributed by atoms with E-state index in [1.54, 1.807) is 25.1 Å². The number of hydrogen-bond acceptors (Lipinski definition) is 4. The van der Waals surface area contributed by atoms with Crippen LogP contribution in [0.4, 0.5) is 5.69 Å². The zero-order chi connectivity index (χ0) is 22.7. The average molecular weight is 431 g/mol. The molecule has 0 aromatic heterocycles. The van der Waals surface area contributed by atoms with Crippen molar-refractivity contribution in [1.82, 2.24) is 4.90 Å². The lowest BCUT2D eigenvalue weighted by Crippen LogP contribution is -2.44. The zero-order valence-corrected chi connectivity index (χ0v) is 18.4. The maximum Gasteiger partial charge on any atom is 0.254 e. The first kappa shape index (κ1) is 21.4. The number of carbonyl (C=O) groups is 2. The monoisotopic (exact) mass is 430 g/mol. The number of likely N-dealkylation sites (N-methyl/N-ethyl adjacent to an activating group) is 1. The minimum absolute atomic E-state index is 0.111. The topological polar surface area (TPSA) is 67.9 Å². The van der Waals surface area contributed by atoms with Gasteiger partial charge in [0.1, 0.15) is 11.5 Å². The second-order valence-electron chi connectivity index (χ2n) is 7.62. The first-order valence-corrected chi connectivity index (χ1v) is 10.6. The molecule has 0 saturated heterocycles. The molecule has 0 spiro atoms. The number of rotatable bonds is 6. The summed E-state index contributed by atoms with van der Waals surface area (Å²) in [6.07, 6.45) is 0. The molecule has 164 valence electrons. The van der Waals surface area contributed by atoms with E-state index in [1.807, 2.05) is 73.7 Å². The van der Waals surface area contributed by atoms with Crippen LogP contribution in [-0.2, 0) is 4.79 Å².